The van der Waals surface area contributed by atoms with Gasteiger partial charge in [0.05, 0.1) is 40.6 Å². The first kappa shape index (κ1) is 20.9. The second-order valence-electron chi connectivity index (χ2n) is 8.78. The SMILES string of the molecule is COc1cc2c(cc1OC)CN1[C@@H](C#N)[C@@H]3Cc4cc(OC)c(OC)cc4[C@H]([C@@H]1C2)N3C. The third-order valence-electron chi connectivity index (χ3n) is 7.49. The fourth-order valence-corrected chi connectivity index (χ4v) is 5.93. The number of hydrogen-bond donors (Lipinski definition) is 0. The molecule has 3 heterocycles. The van der Waals surface area contributed by atoms with Crippen LogP contribution in [0.4, 0.5) is 0 Å². The highest BCUT2D eigenvalue weighted by Crippen LogP contribution is 2.49. The summed E-state index contributed by atoms with van der Waals surface area (Å²) in [5.74, 6) is 2.96. The van der Waals surface area contributed by atoms with Gasteiger partial charge in [0.1, 0.15) is 6.04 Å². The Morgan fingerprint density at radius 2 is 1.31 bits per heavy atom. The largest absolute Gasteiger partial charge is 0.493 e. The smallest absolute Gasteiger partial charge is 0.161 e. The van der Waals surface area contributed by atoms with Crippen LogP contribution in [0.25, 0.3) is 0 Å². The third-order valence-corrected chi connectivity index (χ3v) is 7.49. The minimum Gasteiger partial charge on any atom is -0.493 e. The summed E-state index contributed by atoms with van der Waals surface area (Å²) in [5, 5.41) is 10.2. The number of ether oxygens (including phenoxy) is 4. The Morgan fingerprint density at radius 3 is 1.91 bits per heavy atom. The van der Waals surface area contributed by atoms with Crippen LogP contribution in [0.5, 0.6) is 23.0 Å². The molecule has 0 spiro atoms. The Kier molecular flexibility index (Phi) is 5.15. The van der Waals surface area contributed by atoms with Crippen molar-refractivity contribution >= 4 is 0 Å². The van der Waals surface area contributed by atoms with Gasteiger partial charge in [-0.05, 0) is 66.4 Å². The normalized spacial score (nSPS) is 26.2. The summed E-state index contributed by atoms with van der Waals surface area (Å²) >= 11 is 0. The van der Waals surface area contributed by atoms with Crippen LogP contribution >= 0.6 is 0 Å². The molecule has 3 aliphatic heterocycles. The second-order valence-corrected chi connectivity index (χ2v) is 8.78. The van der Waals surface area contributed by atoms with E-state index in [2.05, 4.69) is 47.2 Å². The fourth-order valence-electron chi connectivity index (χ4n) is 5.93. The van der Waals surface area contributed by atoms with E-state index in [0.29, 0.717) is 0 Å². The van der Waals surface area contributed by atoms with Crippen molar-refractivity contribution in [1.29, 1.82) is 5.26 Å². The van der Waals surface area contributed by atoms with Crippen molar-refractivity contribution in [2.45, 2.75) is 43.6 Å². The molecule has 2 aromatic rings. The number of nitriles is 1. The maximum absolute atomic E-state index is 10.2. The van der Waals surface area contributed by atoms with Crippen LogP contribution in [-0.4, -0.2) is 63.4 Å². The van der Waals surface area contributed by atoms with Crippen molar-refractivity contribution in [3.63, 3.8) is 0 Å². The molecule has 7 nitrogen and oxygen atoms in total. The quantitative estimate of drug-likeness (QED) is 0.731. The van der Waals surface area contributed by atoms with Gasteiger partial charge < -0.3 is 18.9 Å². The average molecular weight is 436 g/mol. The van der Waals surface area contributed by atoms with E-state index in [1.165, 1.54) is 22.3 Å². The highest BCUT2D eigenvalue weighted by molar-refractivity contribution is 5.53. The van der Waals surface area contributed by atoms with Gasteiger partial charge in [-0.1, -0.05) is 0 Å². The minimum absolute atomic E-state index is 0.119. The van der Waals surface area contributed by atoms with Gasteiger partial charge in [-0.2, -0.15) is 5.26 Å². The van der Waals surface area contributed by atoms with Crippen LogP contribution in [0.2, 0.25) is 0 Å². The van der Waals surface area contributed by atoms with Gasteiger partial charge in [0.25, 0.3) is 0 Å². The lowest BCUT2D eigenvalue weighted by molar-refractivity contribution is -0.0521. The predicted molar refractivity (Wildman–Crippen MR) is 120 cm³/mol. The maximum Gasteiger partial charge on any atom is 0.161 e. The van der Waals surface area contributed by atoms with Crippen LogP contribution in [0.1, 0.15) is 28.3 Å². The van der Waals surface area contributed by atoms with E-state index in [4.69, 9.17) is 18.9 Å². The lowest BCUT2D eigenvalue weighted by Gasteiger charge is -2.57. The van der Waals surface area contributed by atoms with Gasteiger partial charge in [0, 0.05) is 18.6 Å². The monoisotopic (exact) mass is 435 g/mol. The molecule has 7 heteroatoms. The molecule has 1 saturated heterocycles. The van der Waals surface area contributed by atoms with Crippen LogP contribution in [0.3, 0.4) is 0 Å². The Hall–Kier alpha value is -2.95. The number of methoxy groups -OCH3 is 4. The van der Waals surface area contributed by atoms with Gasteiger partial charge in [-0.15, -0.1) is 0 Å². The summed E-state index contributed by atoms with van der Waals surface area (Å²) in [4.78, 5) is 4.79. The molecule has 168 valence electrons. The Bertz CT molecular complexity index is 1100. The molecule has 0 unspecified atom stereocenters. The second kappa shape index (κ2) is 7.88. The molecule has 4 atom stereocenters. The van der Waals surface area contributed by atoms with Crippen LogP contribution in [0.15, 0.2) is 24.3 Å². The molecular formula is C25H29N3O4. The maximum atomic E-state index is 10.2. The average Bonchev–Trinajstić information content (AvgIpc) is 2.82. The first-order chi connectivity index (χ1) is 15.5. The minimum atomic E-state index is -0.191. The Labute approximate surface area is 189 Å². The predicted octanol–water partition coefficient (Wildman–Crippen LogP) is 2.95. The topological polar surface area (TPSA) is 67.2 Å². The molecule has 0 saturated carbocycles. The molecule has 0 aliphatic carbocycles. The zero-order chi connectivity index (χ0) is 22.6. The van der Waals surface area contributed by atoms with Gasteiger partial charge in [-0.25, -0.2) is 0 Å². The summed E-state index contributed by atoms with van der Waals surface area (Å²) < 4.78 is 22.3. The van der Waals surface area contributed by atoms with Crippen molar-refractivity contribution < 1.29 is 18.9 Å². The molecule has 2 bridgehead atoms. The zero-order valence-electron chi connectivity index (χ0n) is 19.2. The van der Waals surface area contributed by atoms with Crippen LogP contribution in [0, 0.1) is 11.3 Å². The number of likely N-dealkylation sites (N-methyl/N-ethyl adjacent to an activating group) is 1. The highest BCUT2D eigenvalue weighted by atomic mass is 16.5. The summed E-state index contributed by atoms with van der Waals surface area (Å²) in [6.45, 7) is 0.724. The number of rotatable bonds is 4. The zero-order valence-corrected chi connectivity index (χ0v) is 19.2. The summed E-state index contributed by atoms with van der Waals surface area (Å²) in [7, 11) is 8.82. The van der Waals surface area contributed by atoms with E-state index < -0.39 is 0 Å². The van der Waals surface area contributed by atoms with E-state index in [1.807, 2.05) is 0 Å². The number of piperazine rings is 1. The molecule has 3 aliphatic rings. The summed E-state index contributed by atoms with van der Waals surface area (Å²) in [6, 6.07) is 11.3. The van der Waals surface area contributed by atoms with E-state index in [0.717, 1.165) is 42.4 Å². The van der Waals surface area contributed by atoms with Crippen LogP contribution < -0.4 is 18.9 Å². The van der Waals surface area contributed by atoms with Crippen molar-refractivity contribution in [3.8, 4) is 29.1 Å². The van der Waals surface area contributed by atoms with Gasteiger partial charge in [0.2, 0.25) is 0 Å². The van der Waals surface area contributed by atoms with Gasteiger partial charge in [-0.3, -0.25) is 9.80 Å². The van der Waals surface area contributed by atoms with E-state index in [-0.39, 0.29) is 24.2 Å². The number of fused-ring (bicyclic) bond motifs is 7. The number of nitrogens with zero attached hydrogens (tertiary/aromatic N) is 3. The number of hydrogen-bond acceptors (Lipinski definition) is 7. The molecule has 1 fully saturated rings. The van der Waals surface area contributed by atoms with E-state index >= 15 is 0 Å². The van der Waals surface area contributed by atoms with Crippen molar-refractivity contribution in [2.75, 3.05) is 35.5 Å². The third kappa shape index (κ3) is 2.94. The van der Waals surface area contributed by atoms with Crippen LogP contribution in [-0.2, 0) is 19.4 Å². The molecule has 0 radical (unpaired) electrons. The van der Waals surface area contributed by atoms with Crippen molar-refractivity contribution in [2.24, 2.45) is 0 Å². The molecule has 0 amide bonds. The first-order valence-electron chi connectivity index (χ1n) is 10.9. The molecule has 0 N–H and O–H groups in total. The van der Waals surface area contributed by atoms with Gasteiger partial charge in [0.15, 0.2) is 23.0 Å². The Morgan fingerprint density at radius 1 is 0.781 bits per heavy atom. The summed E-state index contributed by atoms with van der Waals surface area (Å²) in [6.07, 6.45) is 1.65. The summed E-state index contributed by atoms with van der Waals surface area (Å²) in [5.41, 5.74) is 4.96. The lowest BCUT2D eigenvalue weighted by atomic mass is 9.74. The molecule has 5 rings (SSSR count). The van der Waals surface area contributed by atoms with E-state index in [9.17, 15) is 5.26 Å². The van der Waals surface area contributed by atoms with E-state index in [1.54, 1.807) is 28.4 Å². The molecule has 0 aromatic heterocycles. The number of benzene rings is 2. The lowest BCUT2D eigenvalue weighted by Crippen LogP contribution is -2.67. The molecule has 2 aromatic carbocycles. The Balaban J connectivity index is 1.64. The van der Waals surface area contributed by atoms with Crippen molar-refractivity contribution in [3.05, 3.63) is 46.5 Å². The molecule has 32 heavy (non-hydrogen) atoms. The first-order valence-corrected chi connectivity index (χ1v) is 10.9. The fraction of sp³-hybridized carbons (Fsp3) is 0.480. The standard InChI is InChI=1S/C25H29N3O4/c1-27-18-7-15-9-22(30-3)24(32-5)11-17(15)25(27)19-6-14-8-21(29-2)23(31-4)10-16(14)13-28(19)20(18)12-26/h8-11,18-20,25H,6-7,13H2,1-5H3/t18-,19-,20-,25+/m0/s1. The molecular weight excluding hydrogens is 406 g/mol. The van der Waals surface area contributed by atoms with Crippen molar-refractivity contribution in [1.82, 2.24) is 9.80 Å². The highest BCUT2D eigenvalue weighted by Gasteiger charge is 2.51. The van der Waals surface area contributed by atoms with Gasteiger partial charge >= 0.3 is 0 Å².